The zero-order valence-corrected chi connectivity index (χ0v) is 29.9. The summed E-state index contributed by atoms with van der Waals surface area (Å²) in [7, 11) is 0. The van der Waals surface area contributed by atoms with Gasteiger partial charge in [-0.1, -0.05) is 170 Å². The van der Waals surface area contributed by atoms with Gasteiger partial charge < -0.3 is 4.90 Å². The summed E-state index contributed by atoms with van der Waals surface area (Å²) in [5.74, 6) is 1.84. The van der Waals surface area contributed by atoms with Crippen molar-refractivity contribution >= 4 is 49.4 Å². The fourth-order valence-electron chi connectivity index (χ4n) is 7.68. The van der Waals surface area contributed by atoms with E-state index in [4.69, 9.17) is 15.0 Å². The Morgan fingerprint density at radius 2 is 0.745 bits per heavy atom. The minimum atomic E-state index is 0.600. The molecule has 0 saturated carbocycles. The summed E-state index contributed by atoms with van der Waals surface area (Å²) in [6.45, 7) is 0. The molecule has 0 aliphatic heterocycles. The number of anilines is 3. The van der Waals surface area contributed by atoms with Crippen LogP contribution in [-0.4, -0.2) is 15.0 Å². The van der Waals surface area contributed by atoms with Crippen LogP contribution in [0.15, 0.2) is 206 Å². The molecule has 10 rings (SSSR count). The van der Waals surface area contributed by atoms with Gasteiger partial charge in [0.15, 0.2) is 17.5 Å². The van der Waals surface area contributed by atoms with Crippen LogP contribution in [-0.2, 0) is 0 Å². The van der Waals surface area contributed by atoms with E-state index in [1.165, 1.54) is 21.5 Å². The molecule has 1 heterocycles. The predicted molar refractivity (Wildman–Crippen MR) is 229 cm³/mol. The van der Waals surface area contributed by atoms with Crippen molar-refractivity contribution in [2.75, 3.05) is 4.90 Å². The molecule has 4 heteroatoms. The first kappa shape index (κ1) is 32.2. The molecule has 55 heavy (non-hydrogen) atoms. The van der Waals surface area contributed by atoms with Crippen molar-refractivity contribution in [1.29, 1.82) is 0 Å². The normalized spacial score (nSPS) is 11.3. The van der Waals surface area contributed by atoms with Crippen molar-refractivity contribution in [2.24, 2.45) is 0 Å². The molecular formula is C51H34N4. The van der Waals surface area contributed by atoms with E-state index >= 15 is 0 Å². The lowest BCUT2D eigenvalue weighted by molar-refractivity contribution is 1.07. The minimum Gasteiger partial charge on any atom is -0.310 e. The minimum absolute atomic E-state index is 0.600. The predicted octanol–water partition coefficient (Wildman–Crippen LogP) is 13.5. The van der Waals surface area contributed by atoms with E-state index in [1.807, 2.05) is 18.2 Å². The number of hydrogen-bond acceptors (Lipinski definition) is 4. The van der Waals surface area contributed by atoms with E-state index in [0.29, 0.717) is 17.5 Å². The zero-order valence-electron chi connectivity index (χ0n) is 29.9. The second-order valence-electron chi connectivity index (χ2n) is 13.6. The van der Waals surface area contributed by atoms with Gasteiger partial charge in [0.2, 0.25) is 0 Å². The molecule has 258 valence electrons. The van der Waals surface area contributed by atoms with Gasteiger partial charge in [-0.25, -0.2) is 15.0 Å². The summed E-state index contributed by atoms with van der Waals surface area (Å²) < 4.78 is 0. The highest BCUT2D eigenvalue weighted by molar-refractivity contribution is 6.19. The molecule has 10 aromatic rings. The lowest BCUT2D eigenvalue weighted by Gasteiger charge is -2.27. The van der Waals surface area contributed by atoms with Crippen molar-refractivity contribution in [3.63, 3.8) is 0 Å². The average Bonchev–Trinajstić information content (AvgIpc) is 3.27. The maximum atomic E-state index is 5.33. The first-order valence-electron chi connectivity index (χ1n) is 18.5. The Morgan fingerprint density at radius 1 is 0.273 bits per heavy atom. The molecule has 4 nitrogen and oxygen atoms in total. The van der Waals surface area contributed by atoms with Gasteiger partial charge in [-0.2, -0.15) is 0 Å². The number of aromatic nitrogens is 3. The fourth-order valence-corrected chi connectivity index (χ4v) is 7.68. The molecule has 1 aromatic heterocycles. The number of rotatable bonds is 7. The van der Waals surface area contributed by atoms with E-state index in [0.717, 1.165) is 55.7 Å². The van der Waals surface area contributed by atoms with Gasteiger partial charge in [0.25, 0.3) is 0 Å². The molecule has 9 aromatic carbocycles. The Morgan fingerprint density at radius 3 is 1.49 bits per heavy atom. The highest BCUT2D eigenvalue weighted by Crippen LogP contribution is 2.41. The fraction of sp³-hybridized carbons (Fsp3) is 0. The van der Waals surface area contributed by atoms with Crippen LogP contribution in [0, 0.1) is 0 Å². The highest BCUT2D eigenvalue weighted by Gasteiger charge is 2.21. The topological polar surface area (TPSA) is 41.9 Å². The number of benzene rings is 9. The molecule has 0 amide bonds. The first-order valence-corrected chi connectivity index (χ1v) is 18.5. The van der Waals surface area contributed by atoms with Crippen LogP contribution in [0.2, 0.25) is 0 Å². The van der Waals surface area contributed by atoms with Gasteiger partial charge in [0, 0.05) is 28.1 Å². The summed E-state index contributed by atoms with van der Waals surface area (Å²) in [6, 6.07) is 72.1. The van der Waals surface area contributed by atoms with Gasteiger partial charge >= 0.3 is 0 Å². The van der Waals surface area contributed by atoms with E-state index in [1.54, 1.807) is 0 Å². The Labute approximate surface area is 319 Å². The van der Waals surface area contributed by atoms with Gasteiger partial charge in [-0.05, 0) is 79.8 Å². The Balaban J connectivity index is 1.19. The van der Waals surface area contributed by atoms with Crippen LogP contribution < -0.4 is 4.90 Å². The van der Waals surface area contributed by atoms with Crippen molar-refractivity contribution in [2.45, 2.75) is 0 Å². The third-order valence-electron chi connectivity index (χ3n) is 10.3. The van der Waals surface area contributed by atoms with Gasteiger partial charge in [0.05, 0.1) is 5.69 Å². The van der Waals surface area contributed by atoms with E-state index in [9.17, 15) is 0 Å². The standard InChI is InChI=1S/C51H34N4/c1-4-15-35(16-5-1)36-27-29-38(30-28-36)49-52-50(46-25-14-24-42-44-32-31-37-17-10-11-22-41(37)43(44)33-34-45(42)46)54-51(53-49)47-23-12-13-26-48(47)55(39-18-6-2-7-19-39)40-20-8-3-9-21-40/h1-34H. The lowest BCUT2D eigenvalue weighted by Crippen LogP contribution is -2.12. The molecule has 0 aliphatic carbocycles. The third-order valence-corrected chi connectivity index (χ3v) is 10.3. The molecule has 0 atom stereocenters. The van der Waals surface area contributed by atoms with Crippen molar-refractivity contribution in [3.05, 3.63) is 206 Å². The van der Waals surface area contributed by atoms with Crippen LogP contribution in [0.3, 0.4) is 0 Å². The van der Waals surface area contributed by atoms with Crippen molar-refractivity contribution in [3.8, 4) is 45.3 Å². The van der Waals surface area contributed by atoms with Crippen molar-refractivity contribution in [1.82, 2.24) is 15.0 Å². The smallest absolute Gasteiger partial charge is 0.166 e. The van der Waals surface area contributed by atoms with Gasteiger partial charge in [-0.3, -0.25) is 0 Å². The van der Waals surface area contributed by atoms with E-state index in [2.05, 4.69) is 193 Å². The first-order chi connectivity index (χ1) is 27.3. The zero-order chi connectivity index (χ0) is 36.6. The maximum Gasteiger partial charge on any atom is 0.166 e. The second-order valence-corrected chi connectivity index (χ2v) is 13.6. The molecule has 0 fully saturated rings. The van der Waals surface area contributed by atoms with Crippen LogP contribution >= 0.6 is 0 Å². The molecular weight excluding hydrogens is 669 g/mol. The summed E-state index contributed by atoms with van der Waals surface area (Å²) in [6.07, 6.45) is 0. The quantitative estimate of drug-likeness (QED) is 0.155. The molecule has 0 radical (unpaired) electrons. The Hall–Kier alpha value is -7.43. The van der Waals surface area contributed by atoms with Gasteiger partial charge in [-0.15, -0.1) is 0 Å². The number of nitrogens with zero attached hydrogens (tertiary/aromatic N) is 4. The summed E-state index contributed by atoms with van der Waals surface area (Å²) >= 11 is 0. The molecule has 0 saturated heterocycles. The molecule has 0 bridgehead atoms. The Kier molecular flexibility index (Phi) is 8.12. The SMILES string of the molecule is c1ccc(-c2ccc(-c3nc(-c4ccccc4N(c4ccccc4)c4ccccc4)nc(-c4cccc5c4ccc4c6ccccc6ccc54)n3)cc2)cc1. The molecule has 0 spiro atoms. The molecule has 0 aliphatic rings. The average molecular weight is 703 g/mol. The maximum absolute atomic E-state index is 5.33. The van der Waals surface area contributed by atoms with E-state index < -0.39 is 0 Å². The summed E-state index contributed by atoms with van der Waals surface area (Å²) in [5.41, 5.74) is 8.13. The number of para-hydroxylation sites is 3. The molecule has 0 N–H and O–H groups in total. The van der Waals surface area contributed by atoms with Crippen molar-refractivity contribution < 1.29 is 0 Å². The third kappa shape index (κ3) is 5.96. The highest BCUT2D eigenvalue weighted by atomic mass is 15.2. The lowest BCUT2D eigenvalue weighted by atomic mass is 9.95. The van der Waals surface area contributed by atoms with Crippen LogP contribution in [0.1, 0.15) is 0 Å². The number of hydrogen-bond donors (Lipinski definition) is 0. The Bertz CT molecular complexity index is 2920. The summed E-state index contributed by atoms with van der Waals surface area (Å²) in [5, 5.41) is 7.17. The van der Waals surface area contributed by atoms with Crippen LogP contribution in [0.5, 0.6) is 0 Å². The van der Waals surface area contributed by atoms with Crippen LogP contribution in [0.4, 0.5) is 17.1 Å². The largest absolute Gasteiger partial charge is 0.310 e. The number of fused-ring (bicyclic) bond motifs is 5. The van der Waals surface area contributed by atoms with E-state index in [-0.39, 0.29) is 0 Å². The monoisotopic (exact) mass is 702 g/mol. The van der Waals surface area contributed by atoms with Crippen LogP contribution in [0.25, 0.3) is 77.6 Å². The summed E-state index contributed by atoms with van der Waals surface area (Å²) in [4.78, 5) is 18.1. The second kappa shape index (κ2) is 13.8. The van der Waals surface area contributed by atoms with Gasteiger partial charge in [0.1, 0.15) is 0 Å². The molecule has 0 unspecified atom stereocenters.